The minimum absolute atomic E-state index is 0.250. The summed E-state index contributed by atoms with van der Waals surface area (Å²) in [6, 6.07) is 3.71. The summed E-state index contributed by atoms with van der Waals surface area (Å²) >= 11 is 0. The molecule has 2 aromatic rings. The fourth-order valence-corrected chi connectivity index (χ4v) is 4.93. The Hall–Kier alpha value is -2.59. The molecule has 176 valence electrons. The van der Waals surface area contributed by atoms with Crippen LogP contribution in [0.15, 0.2) is 12.1 Å². The number of sulfonamides is 1. The number of likely N-dealkylation sites (tertiary alicyclic amines) is 1. The first-order valence-corrected chi connectivity index (χ1v) is 12.7. The van der Waals surface area contributed by atoms with E-state index in [4.69, 9.17) is 24.4 Å². The summed E-state index contributed by atoms with van der Waals surface area (Å²) in [5.74, 6) is 1.24. The zero-order valence-corrected chi connectivity index (χ0v) is 19.4. The lowest BCUT2D eigenvalue weighted by Gasteiger charge is -2.17. The molecule has 10 heteroatoms. The number of carbonyl (C=O) groups is 1. The normalized spacial score (nSPS) is 15.7. The summed E-state index contributed by atoms with van der Waals surface area (Å²) in [6.07, 6.45) is 7.39. The van der Waals surface area contributed by atoms with E-state index in [1.165, 1.54) is 32.2 Å². The van der Waals surface area contributed by atoms with Crippen LogP contribution in [0.1, 0.15) is 36.9 Å². The number of hydrogen-bond donors (Lipinski definition) is 2. The molecule has 1 saturated heterocycles. The lowest BCUT2D eigenvalue weighted by atomic mass is 10.1. The summed E-state index contributed by atoms with van der Waals surface area (Å²) < 4.78 is 38.2. The summed E-state index contributed by atoms with van der Waals surface area (Å²) in [5.41, 5.74) is 3.31. The number of rotatable bonds is 8. The van der Waals surface area contributed by atoms with E-state index in [1.807, 2.05) is 12.1 Å². The molecule has 1 aliphatic heterocycles. The van der Waals surface area contributed by atoms with Gasteiger partial charge in [0.05, 0.1) is 31.2 Å². The van der Waals surface area contributed by atoms with Crippen molar-refractivity contribution in [3.05, 3.63) is 23.4 Å². The Balaban J connectivity index is 0.000000913. The first-order chi connectivity index (χ1) is 15.4. The minimum atomic E-state index is -3.40. The number of anilines is 1. The van der Waals surface area contributed by atoms with Gasteiger partial charge in [0.25, 0.3) is 6.47 Å². The third-order valence-corrected chi connectivity index (χ3v) is 6.23. The Bertz CT molecular complexity index is 1050. The zero-order chi connectivity index (χ0) is 23.1. The maximum Gasteiger partial charge on any atom is 0.290 e. The Morgan fingerprint density at radius 3 is 2.56 bits per heavy atom. The van der Waals surface area contributed by atoms with Crippen LogP contribution in [0.3, 0.4) is 0 Å². The molecule has 1 aromatic heterocycles. The Kier molecular flexibility index (Phi) is 8.14. The second-order valence-electron chi connectivity index (χ2n) is 8.02. The third kappa shape index (κ3) is 6.01. The number of nitrogens with zero attached hydrogens (tertiary/aromatic N) is 2. The van der Waals surface area contributed by atoms with Crippen molar-refractivity contribution in [2.75, 3.05) is 44.3 Å². The number of aryl methyl sites for hydroxylation is 1. The quantitative estimate of drug-likeness (QED) is 0.451. The SMILES string of the molecule is COc1cc2c(NS(C)(=O)=O)c3c(nc2cc1OCCCN1CCCC1)CCC3.O=CO. The number of nitrogens with one attached hydrogen (secondary N) is 1. The number of ether oxygens (including phenoxy) is 2. The number of aromatic nitrogens is 1. The predicted octanol–water partition coefficient (Wildman–Crippen LogP) is 2.67. The molecule has 2 heterocycles. The van der Waals surface area contributed by atoms with Gasteiger partial charge in [-0.15, -0.1) is 0 Å². The molecule has 0 unspecified atom stereocenters. The average molecular weight is 466 g/mol. The lowest BCUT2D eigenvalue weighted by Crippen LogP contribution is -2.21. The van der Waals surface area contributed by atoms with Gasteiger partial charge >= 0.3 is 0 Å². The maximum absolute atomic E-state index is 12.0. The topological polar surface area (TPSA) is 118 Å². The molecule has 0 spiro atoms. The number of carboxylic acid groups (broad SMARTS) is 1. The molecule has 0 saturated carbocycles. The zero-order valence-electron chi connectivity index (χ0n) is 18.6. The van der Waals surface area contributed by atoms with Crippen LogP contribution in [0.5, 0.6) is 11.5 Å². The number of methoxy groups -OCH3 is 1. The van der Waals surface area contributed by atoms with Crippen molar-refractivity contribution in [1.82, 2.24) is 9.88 Å². The highest BCUT2D eigenvalue weighted by Gasteiger charge is 2.23. The van der Waals surface area contributed by atoms with Crippen LogP contribution in [0.4, 0.5) is 5.69 Å². The summed E-state index contributed by atoms with van der Waals surface area (Å²) in [7, 11) is -1.80. The molecule has 0 amide bonds. The highest BCUT2D eigenvalue weighted by molar-refractivity contribution is 7.92. The Morgan fingerprint density at radius 2 is 1.91 bits per heavy atom. The van der Waals surface area contributed by atoms with Crippen LogP contribution in [0.25, 0.3) is 10.9 Å². The highest BCUT2D eigenvalue weighted by Crippen LogP contribution is 2.40. The van der Waals surface area contributed by atoms with Gasteiger partial charge in [0.2, 0.25) is 10.0 Å². The van der Waals surface area contributed by atoms with Gasteiger partial charge in [0.15, 0.2) is 11.5 Å². The molecular formula is C22H31N3O6S. The number of fused-ring (bicyclic) bond motifs is 2. The van der Waals surface area contributed by atoms with Crippen molar-refractivity contribution in [2.45, 2.75) is 38.5 Å². The van der Waals surface area contributed by atoms with Crippen LogP contribution in [-0.2, 0) is 27.7 Å². The van der Waals surface area contributed by atoms with Gasteiger partial charge in [-0.05, 0) is 63.2 Å². The van der Waals surface area contributed by atoms with E-state index in [-0.39, 0.29) is 6.47 Å². The summed E-state index contributed by atoms with van der Waals surface area (Å²) in [6.45, 7) is 3.77. The second kappa shape index (κ2) is 10.8. The molecule has 32 heavy (non-hydrogen) atoms. The number of hydrogen-bond acceptors (Lipinski definition) is 7. The van der Waals surface area contributed by atoms with Crippen LogP contribution in [0, 0.1) is 0 Å². The molecule has 1 fully saturated rings. The average Bonchev–Trinajstić information content (AvgIpc) is 3.42. The fraction of sp³-hybridized carbons (Fsp3) is 0.545. The van der Waals surface area contributed by atoms with Crippen LogP contribution in [0.2, 0.25) is 0 Å². The summed E-state index contributed by atoms with van der Waals surface area (Å²) in [5, 5.41) is 7.64. The molecule has 0 atom stereocenters. The van der Waals surface area contributed by atoms with E-state index in [2.05, 4.69) is 9.62 Å². The standard InChI is InChI=1S/C21H29N3O4S.CH2O2/c1-27-19-13-16-18(14-20(19)28-12-6-11-24-9-3-4-10-24)22-17-8-5-7-15(17)21(16)23-29(2,25)26;2-1-3/h13-14H,3-12H2,1-2H3,(H,22,23);1H,(H,2,3). The molecule has 4 rings (SSSR count). The van der Waals surface area contributed by atoms with E-state index in [1.54, 1.807) is 7.11 Å². The van der Waals surface area contributed by atoms with Crippen LogP contribution >= 0.6 is 0 Å². The van der Waals surface area contributed by atoms with E-state index in [0.717, 1.165) is 54.4 Å². The van der Waals surface area contributed by atoms with Gasteiger partial charge in [-0.3, -0.25) is 14.5 Å². The third-order valence-electron chi connectivity index (χ3n) is 5.66. The highest BCUT2D eigenvalue weighted by atomic mass is 32.2. The van der Waals surface area contributed by atoms with Crippen LogP contribution < -0.4 is 14.2 Å². The van der Waals surface area contributed by atoms with Crippen molar-refractivity contribution < 1.29 is 27.8 Å². The minimum Gasteiger partial charge on any atom is -0.493 e. The molecule has 9 nitrogen and oxygen atoms in total. The Labute approximate surface area is 188 Å². The van der Waals surface area contributed by atoms with Gasteiger partial charge < -0.3 is 19.5 Å². The van der Waals surface area contributed by atoms with E-state index >= 15 is 0 Å². The molecular weight excluding hydrogens is 434 g/mol. The smallest absolute Gasteiger partial charge is 0.290 e. The van der Waals surface area contributed by atoms with Crippen molar-refractivity contribution >= 4 is 33.1 Å². The molecule has 0 radical (unpaired) electrons. The monoisotopic (exact) mass is 465 g/mol. The van der Waals surface area contributed by atoms with E-state index in [9.17, 15) is 8.42 Å². The van der Waals surface area contributed by atoms with Gasteiger partial charge in [-0.2, -0.15) is 0 Å². The van der Waals surface area contributed by atoms with Crippen molar-refractivity contribution in [3.8, 4) is 11.5 Å². The first kappa shape index (κ1) is 24.1. The van der Waals surface area contributed by atoms with Gasteiger partial charge in [-0.1, -0.05) is 0 Å². The van der Waals surface area contributed by atoms with Crippen LogP contribution in [-0.4, -0.2) is 69.5 Å². The van der Waals surface area contributed by atoms with Gasteiger partial charge in [0.1, 0.15) is 0 Å². The fourth-order valence-electron chi connectivity index (χ4n) is 4.32. The Morgan fingerprint density at radius 1 is 1.19 bits per heavy atom. The first-order valence-electron chi connectivity index (χ1n) is 10.8. The maximum atomic E-state index is 12.0. The second-order valence-corrected chi connectivity index (χ2v) is 9.76. The van der Waals surface area contributed by atoms with E-state index in [0.29, 0.717) is 23.8 Å². The van der Waals surface area contributed by atoms with Crippen molar-refractivity contribution in [1.29, 1.82) is 0 Å². The molecule has 1 aromatic carbocycles. The molecule has 1 aliphatic carbocycles. The lowest BCUT2D eigenvalue weighted by molar-refractivity contribution is -0.122. The largest absolute Gasteiger partial charge is 0.493 e. The predicted molar refractivity (Wildman–Crippen MR) is 123 cm³/mol. The van der Waals surface area contributed by atoms with Crippen molar-refractivity contribution in [3.63, 3.8) is 0 Å². The van der Waals surface area contributed by atoms with Gasteiger partial charge in [-0.25, -0.2) is 8.42 Å². The molecule has 2 N–H and O–H groups in total. The van der Waals surface area contributed by atoms with E-state index < -0.39 is 10.0 Å². The molecule has 0 bridgehead atoms. The van der Waals surface area contributed by atoms with Crippen molar-refractivity contribution in [2.24, 2.45) is 0 Å². The number of benzene rings is 1. The number of pyridine rings is 1. The molecule has 2 aliphatic rings. The summed E-state index contributed by atoms with van der Waals surface area (Å²) in [4.78, 5) is 15.6. The van der Waals surface area contributed by atoms with Gasteiger partial charge in [0, 0.05) is 23.7 Å².